The van der Waals surface area contributed by atoms with Crippen molar-refractivity contribution >= 4 is 22.9 Å². The van der Waals surface area contributed by atoms with Gasteiger partial charge in [0.15, 0.2) is 5.92 Å². The number of fused-ring (bicyclic) bond motifs is 1. The highest BCUT2D eigenvalue weighted by molar-refractivity contribution is 6.03. The number of hydrazone groups is 1. The summed E-state index contributed by atoms with van der Waals surface area (Å²) in [7, 11) is 3.17. The van der Waals surface area contributed by atoms with Crippen LogP contribution in [-0.2, 0) is 4.79 Å². The summed E-state index contributed by atoms with van der Waals surface area (Å²) in [6.45, 7) is 0. The zero-order valence-corrected chi connectivity index (χ0v) is 15.5. The molecule has 0 bridgehead atoms. The number of methoxy groups -OCH3 is 2. The first-order chi connectivity index (χ1) is 13.7. The Bertz CT molecular complexity index is 1050. The minimum Gasteiger partial charge on any atom is -0.497 e. The van der Waals surface area contributed by atoms with E-state index in [9.17, 15) is 10.1 Å². The summed E-state index contributed by atoms with van der Waals surface area (Å²) in [4.78, 5) is 12.4. The number of amides is 1. The van der Waals surface area contributed by atoms with Crippen molar-refractivity contribution in [3.63, 3.8) is 0 Å². The quantitative estimate of drug-likeness (QED) is 0.528. The number of carbonyl (C=O) groups excluding carboxylic acids is 1. The van der Waals surface area contributed by atoms with Gasteiger partial charge in [0.1, 0.15) is 11.5 Å². The zero-order valence-electron chi connectivity index (χ0n) is 15.5. The molecule has 0 aromatic heterocycles. The smallest absolute Gasteiger partial charge is 0.261 e. The van der Waals surface area contributed by atoms with Crippen molar-refractivity contribution in [2.45, 2.75) is 5.92 Å². The van der Waals surface area contributed by atoms with Crippen LogP contribution >= 0.6 is 0 Å². The highest BCUT2D eigenvalue weighted by atomic mass is 16.5. The van der Waals surface area contributed by atoms with Crippen LogP contribution in [0.5, 0.6) is 11.5 Å². The average molecular weight is 373 g/mol. The summed E-state index contributed by atoms with van der Waals surface area (Å²) in [6.07, 6.45) is 1.51. The van der Waals surface area contributed by atoms with Gasteiger partial charge in [0, 0.05) is 5.56 Å². The van der Waals surface area contributed by atoms with Gasteiger partial charge in [0.05, 0.1) is 26.5 Å². The fourth-order valence-corrected chi connectivity index (χ4v) is 2.90. The molecule has 0 aliphatic rings. The van der Waals surface area contributed by atoms with Crippen LogP contribution in [0.15, 0.2) is 65.8 Å². The van der Waals surface area contributed by atoms with Crippen LogP contribution in [0.4, 0.5) is 0 Å². The fourth-order valence-electron chi connectivity index (χ4n) is 2.90. The van der Waals surface area contributed by atoms with E-state index in [4.69, 9.17) is 9.47 Å². The monoisotopic (exact) mass is 373 g/mol. The van der Waals surface area contributed by atoms with E-state index in [1.54, 1.807) is 38.5 Å². The Morgan fingerprint density at radius 2 is 1.86 bits per heavy atom. The predicted molar refractivity (Wildman–Crippen MR) is 108 cm³/mol. The number of carbonyl (C=O) groups is 1. The minimum absolute atomic E-state index is 0.498. The SMILES string of the molecule is COc1ccc2ccc(OC)c(/C=N\NC(=O)[C@@H](C#N)c3ccccc3)c2c1. The Labute approximate surface area is 163 Å². The summed E-state index contributed by atoms with van der Waals surface area (Å²) < 4.78 is 10.7. The lowest BCUT2D eigenvalue weighted by Crippen LogP contribution is -2.24. The van der Waals surface area contributed by atoms with E-state index in [0.717, 1.165) is 10.8 Å². The Hall–Kier alpha value is -3.85. The summed E-state index contributed by atoms with van der Waals surface area (Å²) in [5.74, 6) is -0.124. The number of hydrogen-bond acceptors (Lipinski definition) is 5. The number of rotatable bonds is 6. The predicted octanol–water partition coefficient (Wildman–Crippen LogP) is 3.61. The zero-order chi connectivity index (χ0) is 19.9. The molecule has 0 saturated carbocycles. The summed E-state index contributed by atoms with van der Waals surface area (Å²) in [5, 5.41) is 15.3. The van der Waals surface area contributed by atoms with Crippen molar-refractivity contribution in [2.24, 2.45) is 5.10 Å². The van der Waals surface area contributed by atoms with E-state index in [1.165, 1.54) is 6.21 Å². The van der Waals surface area contributed by atoms with E-state index < -0.39 is 11.8 Å². The second-order valence-corrected chi connectivity index (χ2v) is 5.98. The molecule has 0 aliphatic heterocycles. The van der Waals surface area contributed by atoms with Gasteiger partial charge in [-0.05, 0) is 34.5 Å². The molecular weight excluding hydrogens is 354 g/mol. The number of nitriles is 1. The van der Waals surface area contributed by atoms with E-state index in [1.807, 2.05) is 42.5 Å². The standard InChI is InChI=1S/C22H19N3O3/c1-27-17-10-8-16-9-11-21(28-2)20(18(16)12-17)14-24-25-22(26)19(13-23)15-6-4-3-5-7-15/h3-12,14,19H,1-2H3,(H,25,26)/b24-14-/t19-/m0/s1. The fraction of sp³-hybridized carbons (Fsp3) is 0.136. The molecule has 3 aromatic rings. The van der Waals surface area contributed by atoms with Crippen LogP contribution in [-0.4, -0.2) is 26.3 Å². The van der Waals surface area contributed by atoms with Crippen LogP contribution in [0.3, 0.4) is 0 Å². The minimum atomic E-state index is -0.937. The summed E-state index contributed by atoms with van der Waals surface area (Å²) in [6, 6.07) is 20.3. The van der Waals surface area contributed by atoms with Gasteiger partial charge < -0.3 is 9.47 Å². The highest BCUT2D eigenvalue weighted by Gasteiger charge is 2.19. The largest absolute Gasteiger partial charge is 0.497 e. The molecule has 0 saturated heterocycles. The first kappa shape index (κ1) is 18.9. The van der Waals surface area contributed by atoms with Gasteiger partial charge in [0.25, 0.3) is 5.91 Å². The van der Waals surface area contributed by atoms with Crippen LogP contribution in [0.1, 0.15) is 17.0 Å². The molecule has 0 aliphatic carbocycles. The van der Waals surface area contributed by atoms with Gasteiger partial charge in [-0.25, -0.2) is 5.43 Å². The Balaban J connectivity index is 1.88. The third-order valence-electron chi connectivity index (χ3n) is 4.34. The molecule has 6 heteroatoms. The molecule has 0 fully saturated rings. The maximum absolute atomic E-state index is 12.4. The molecule has 0 heterocycles. The molecule has 0 spiro atoms. The Kier molecular flexibility index (Phi) is 5.87. The third-order valence-corrected chi connectivity index (χ3v) is 4.34. The third kappa shape index (κ3) is 3.94. The number of nitrogens with one attached hydrogen (secondary N) is 1. The molecule has 28 heavy (non-hydrogen) atoms. The van der Waals surface area contributed by atoms with Crippen molar-refractivity contribution < 1.29 is 14.3 Å². The van der Waals surface area contributed by atoms with E-state index in [0.29, 0.717) is 22.6 Å². The van der Waals surface area contributed by atoms with Gasteiger partial charge in [-0.2, -0.15) is 10.4 Å². The maximum Gasteiger partial charge on any atom is 0.261 e. The summed E-state index contributed by atoms with van der Waals surface area (Å²) >= 11 is 0. The molecule has 3 rings (SSSR count). The number of benzene rings is 3. The van der Waals surface area contributed by atoms with Crippen LogP contribution in [0, 0.1) is 11.3 Å². The first-order valence-electron chi connectivity index (χ1n) is 8.60. The molecule has 0 unspecified atom stereocenters. The van der Waals surface area contributed by atoms with Gasteiger partial charge in [-0.3, -0.25) is 4.79 Å². The molecule has 1 atom stereocenters. The first-order valence-corrected chi connectivity index (χ1v) is 8.60. The van der Waals surface area contributed by atoms with Crippen LogP contribution < -0.4 is 14.9 Å². The van der Waals surface area contributed by atoms with Gasteiger partial charge in [-0.1, -0.05) is 42.5 Å². The molecule has 140 valence electrons. The van der Waals surface area contributed by atoms with Crippen LogP contribution in [0.2, 0.25) is 0 Å². The molecule has 6 nitrogen and oxygen atoms in total. The average Bonchev–Trinajstić information content (AvgIpc) is 2.74. The summed E-state index contributed by atoms with van der Waals surface area (Å²) in [5.41, 5.74) is 3.76. The molecule has 1 amide bonds. The second kappa shape index (κ2) is 8.69. The number of hydrogen-bond donors (Lipinski definition) is 1. The molecular formula is C22H19N3O3. The lowest BCUT2D eigenvalue weighted by Gasteiger charge is -2.10. The normalized spacial score (nSPS) is 11.8. The van der Waals surface area contributed by atoms with Crippen molar-refractivity contribution in [1.82, 2.24) is 5.43 Å². The van der Waals surface area contributed by atoms with Crippen LogP contribution in [0.25, 0.3) is 10.8 Å². The highest BCUT2D eigenvalue weighted by Crippen LogP contribution is 2.29. The van der Waals surface area contributed by atoms with Gasteiger partial charge in [-0.15, -0.1) is 0 Å². The van der Waals surface area contributed by atoms with E-state index >= 15 is 0 Å². The Morgan fingerprint density at radius 3 is 2.54 bits per heavy atom. The maximum atomic E-state index is 12.4. The lowest BCUT2D eigenvalue weighted by molar-refractivity contribution is -0.121. The van der Waals surface area contributed by atoms with Crippen molar-refractivity contribution in [1.29, 1.82) is 5.26 Å². The molecule has 1 N–H and O–H groups in total. The second-order valence-electron chi connectivity index (χ2n) is 5.98. The van der Waals surface area contributed by atoms with Crippen molar-refractivity contribution in [3.05, 3.63) is 71.8 Å². The topological polar surface area (TPSA) is 83.7 Å². The van der Waals surface area contributed by atoms with Gasteiger partial charge in [0.2, 0.25) is 0 Å². The Morgan fingerprint density at radius 1 is 1.11 bits per heavy atom. The van der Waals surface area contributed by atoms with E-state index in [-0.39, 0.29) is 0 Å². The number of ether oxygens (including phenoxy) is 2. The van der Waals surface area contributed by atoms with Crippen molar-refractivity contribution in [3.8, 4) is 17.6 Å². The van der Waals surface area contributed by atoms with Crippen molar-refractivity contribution in [2.75, 3.05) is 14.2 Å². The lowest BCUT2D eigenvalue weighted by atomic mass is 10.0. The molecule has 3 aromatic carbocycles. The number of nitrogens with zero attached hydrogens (tertiary/aromatic N) is 2. The van der Waals surface area contributed by atoms with Gasteiger partial charge >= 0.3 is 0 Å². The van der Waals surface area contributed by atoms with E-state index in [2.05, 4.69) is 10.5 Å². The molecule has 0 radical (unpaired) electrons.